The van der Waals surface area contributed by atoms with Crippen LogP contribution in [-0.4, -0.2) is 35.0 Å². The van der Waals surface area contributed by atoms with Crippen molar-refractivity contribution in [3.63, 3.8) is 0 Å². The summed E-state index contributed by atoms with van der Waals surface area (Å²) in [5.74, 6) is 1.16. The van der Waals surface area contributed by atoms with Crippen LogP contribution in [0.4, 0.5) is 0 Å². The zero-order chi connectivity index (χ0) is 20.0. The van der Waals surface area contributed by atoms with Crippen molar-refractivity contribution in [2.24, 2.45) is 5.10 Å². The Kier molecular flexibility index (Phi) is 6.92. The van der Waals surface area contributed by atoms with E-state index < -0.39 is 10.0 Å². The molecule has 0 saturated carbocycles. The highest BCUT2D eigenvalue weighted by molar-refractivity contribution is 7.89. The maximum atomic E-state index is 12.5. The highest BCUT2D eigenvalue weighted by Crippen LogP contribution is 2.28. The Morgan fingerprint density at radius 1 is 1.07 bits per heavy atom. The van der Waals surface area contributed by atoms with Gasteiger partial charge in [-0.1, -0.05) is 11.6 Å². The van der Waals surface area contributed by atoms with Crippen LogP contribution < -0.4 is 19.0 Å². The molecule has 2 rings (SSSR count). The summed E-state index contributed by atoms with van der Waals surface area (Å²) in [7, 11) is -1.09. The second kappa shape index (κ2) is 8.96. The Morgan fingerprint density at radius 3 is 2.44 bits per heavy atom. The molecule has 0 aliphatic heterocycles. The molecule has 0 aromatic heterocycles. The van der Waals surface area contributed by atoms with Gasteiger partial charge in [-0.3, -0.25) is 0 Å². The van der Waals surface area contributed by atoms with E-state index in [1.807, 2.05) is 13.8 Å². The van der Waals surface area contributed by atoms with Crippen LogP contribution in [-0.2, 0) is 10.0 Å². The normalized spacial score (nSPS) is 11.6. The molecule has 9 heteroatoms. The lowest BCUT2D eigenvalue weighted by molar-refractivity contribution is 0.242. The van der Waals surface area contributed by atoms with Crippen molar-refractivity contribution < 1.29 is 22.6 Å². The van der Waals surface area contributed by atoms with Crippen LogP contribution in [0.3, 0.4) is 0 Å². The first-order chi connectivity index (χ1) is 12.8. The lowest BCUT2D eigenvalue weighted by Gasteiger charge is -2.12. The second-order valence-electron chi connectivity index (χ2n) is 5.72. The highest BCUT2D eigenvalue weighted by Gasteiger charge is 2.19. The predicted octanol–water partition coefficient (Wildman–Crippen LogP) is 3.46. The van der Waals surface area contributed by atoms with Crippen LogP contribution in [0.5, 0.6) is 17.2 Å². The Morgan fingerprint density at radius 2 is 1.81 bits per heavy atom. The molecule has 0 aliphatic rings. The van der Waals surface area contributed by atoms with Gasteiger partial charge in [-0.15, -0.1) is 0 Å². The molecule has 2 aromatic carbocycles. The number of rotatable bonds is 8. The van der Waals surface area contributed by atoms with Crippen LogP contribution in [0.1, 0.15) is 19.4 Å². The summed E-state index contributed by atoms with van der Waals surface area (Å²) >= 11 is 6.00. The molecule has 27 heavy (non-hydrogen) atoms. The molecule has 0 unspecified atom stereocenters. The SMILES string of the molecule is COc1ccc(S(=O)(=O)N/N=C/c2cc(Cl)ccc2OC(C)C)c(OC)c1. The summed E-state index contributed by atoms with van der Waals surface area (Å²) in [5.41, 5.74) is 0.542. The van der Waals surface area contributed by atoms with Crippen LogP contribution >= 0.6 is 11.6 Å². The van der Waals surface area contributed by atoms with Gasteiger partial charge in [-0.25, -0.2) is 0 Å². The number of sulfonamides is 1. The van der Waals surface area contributed by atoms with Crippen LogP contribution in [0.2, 0.25) is 5.02 Å². The number of hydrazone groups is 1. The fourth-order valence-corrected chi connectivity index (χ4v) is 3.32. The lowest BCUT2D eigenvalue weighted by atomic mass is 10.2. The van der Waals surface area contributed by atoms with E-state index in [2.05, 4.69) is 9.93 Å². The molecular formula is C18H21ClN2O5S. The van der Waals surface area contributed by atoms with Gasteiger partial charge < -0.3 is 14.2 Å². The first-order valence-electron chi connectivity index (χ1n) is 8.00. The van der Waals surface area contributed by atoms with Crippen molar-refractivity contribution in [2.45, 2.75) is 24.8 Å². The fourth-order valence-electron chi connectivity index (χ4n) is 2.19. The molecule has 0 bridgehead atoms. The molecule has 146 valence electrons. The third-order valence-electron chi connectivity index (χ3n) is 3.37. The molecule has 1 N–H and O–H groups in total. The minimum absolute atomic E-state index is 0.0569. The molecule has 0 radical (unpaired) electrons. The van der Waals surface area contributed by atoms with E-state index in [0.717, 1.165) is 0 Å². The number of nitrogens with zero attached hydrogens (tertiary/aromatic N) is 1. The quantitative estimate of drug-likeness (QED) is 0.530. The van der Waals surface area contributed by atoms with Crippen LogP contribution in [0.25, 0.3) is 0 Å². The standard InChI is InChI=1S/C18H21ClN2O5S/c1-12(2)26-16-7-5-14(19)9-13(16)11-20-21-27(22,23)18-8-6-15(24-3)10-17(18)25-4/h5-12,21H,1-4H3/b20-11+. The molecule has 0 amide bonds. The smallest absolute Gasteiger partial charge is 0.280 e. The molecule has 0 saturated heterocycles. The minimum atomic E-state index is -3.95. The maximum absolute atomic E-state index is 12.5. The first-order valence-corrected chi connectivity index (χ1v) is 9.86. The number of hydrogen-bond acceptors (Lipinski definition) is 6. The molecule has 7 nitrogen and oxygen atoms in total. The van der Waals surface area contributed by atoms with E-state index >= 15 is 0 Å². The Balaban J connectivity index is 2.27. The van der Waals surface area contributed by atoms with Gasteiger partial charge >= 0.3 is 0 Å². The monoisotopic (exact) mass is 412 g/mol. The van der Waals surface area contributed by atoms with Gasteiger partial charge in [0.1, 0.15) is 22.1 Å². The molecule has 0 spiro atoms. The summed E-state index contributed by atoms with van der Waals surface area (Å²) in [4.78, 5) is 2.10. The van der Waals surface area contributed by atoms with E-state index in [9.17, 15) is 8.42 Å². The average Bonchev–Trinajstić information content (AvgIpc) is 2.62. The van der Waals surface area contributed by atoms with Gasteiger partial charge in [-0.05, 0) is 44.2 Å². The van der Waals surface area contributed by atoms with Gasteiger partial charge in [0.05, 0.1) is 26.5 Å². The zero-order valence-electron chi connectivity index (χ0n) is 15.4. The number of methoxy groups -OCH3 is 2. The summed E-state index contributed by atoms with van der Waals surface area (Å²) < 4.78 is 40.9. The van der Waals surface area contributed by atoms with Gasteiger partial charge in [0.2, 0.25) is 0 Å². The largest absolute Gasteiger partial charge is 0.497 e. The van der Waals surface area contributed by atoms with Crippen molar-refractivity contribution in [3.05, 3.63) is 47.0 Å². The maximum Gasteiger partial charge on any atom is 0.280 e. The Bertz CT molecular complexity index is 929. The van der Waals surface area contributed by atoms with Crippen molar-refractivity contribution in [1.82, 2.24) is 4.83 Å². The van der Waals surface area contributed by atoms with Crippen LogP contribution in [0.15, 0.2) is 46.4 Å². The van der Waals surface area contributed by atoms with Gasteiger partial charge in [0.25, 0.3) is 10.0 Å². The van der Waals surface area contributed by atoms with Gasteiger partial charge in [0.15, 0.2) is 0 Å². The number of hydrogen-bond donors (Lipinski definition) is 1. The zero-order valence-corrected chi connectivity index (χ0v) is 17.0. The number of ether oxygens (including phenoxy) is 3. The number of nitrogens with one attached hydrogen (secondary N) is 1. The Labute approximate surface area is 163 Å². The van der Waals surface area contributed by atoms with E-state index in [4.69, 9.17) is 25.8 Å². The van der Waals surface area contributed by atoms with Crippen LogP contribution in [0, 0.1) is 0 Å². The molecular weight excluding hydrogens is 392 g/mol. The second-order valence-corrected chi connectivity index (χ2v) is 7.78. The van der Waals surface area contributed by atoms with Gasteiger partial charge in [0, 0.05) is 16.7 Å². The summed E-state index contributed by atoms with van der Waals surface area (Å²) in [6.45, 7) is 3.77. The molecule has 0 atom stereocenters. The number of benzene rings is 2. The van der Waals surface area contributed by atoms with Crippen molar-refractivity contribution >= 4 is 27.8 Å². The molecule has 0 aliphatic carbocycles. The lowest BCUT2D eigenvalue weighted by Crippen LogP contribution is -2.19. The highest BCUT2D eigenvalue weighted by atomic mass is 35.5. The van der Waals surface area contributed by atoms with Crippen molar-refractivity contribution in [2.75, 3.05) is 14.2 Å². The van der Waals surface area contributed by atoms with Crippen molar-refractivity contribution in [1.29, 1.82) is 0 Å². The summed E-state index contributed by atoms with van der Waals surface area (Å²) in [6, 6.07) is 9.39. The van der Waals surface area contributed by atoms with Gasteiger partial charge in [-0.2, -0.15) is 18.4 Å². The third-order valence-corrected chi connectivity index (χ3v) is 4.87. The summed E-state index contributed by atoms with van der Waals surface area (Å²) in [5, 5.41) is 4.31. The third kappa shape index (κ3) is 5.51. The summed E-state index contributed by atoms with van der Waals surface area (Å²) in [6.07, 6.45) is 1.27. The molecule has 2 aromatic rings. The predicted molar refractivity (Wildman–Crippen MR) is 105 cm³/mol. The van der Waals surface area contributed by atoms with E-state index in [0.29, 0.717) is 22.1 Å². The van der Waals surface area contributed by atoms with E-state index in [-0.39, 0.29) is 16.7 Å². The number of halogens is 1. The Hall–Kier alpha value is -2.45. The molecule has 0 fully saturated rings. The van der Waals surface area contributed by atoms with E-state index in [1.54, 1.807) is 18.2 Å². The van der Waals surface area contributed by atoms with E-state index in [1.165, 1.54) is 38.6 Å². The minimum Gasteiger partial charge on any atom is -0.497 e. The van der Waals surface area contributed by atoms with Crippen molar-refractivity contribution in [3.8, 4) is 17.2 Å². The first kappa shape index (κ1) is 20.9. The fraction of sp³-hybridized carbons (Fsp3) is 0.278. The topological polar surface area (TPSA) is 86.2 Å². The molecule has 0 heterocycles. The average molecular weight is 413 g/mol.